The summed E-state index contributed by atoms with van der Waals surface area (Å²) < 4.78 is 0. The lowest BCUT2D eigenvalue weighted by Crippen LogP contribution is -2.43. The standard InChI is InChI=1S/C21H28N4S/c1-4-24(5-2)17-12-15(3)21-20(14-17)26-19-13-16(6-7-18(19)23-21)25-10-8-22-9-11-25/h6-7,12-14,22-23H,4-5,8-11H2,1-3H3. The highest BCUT2D eigenvalue weighted by Crippen LogP contribution is 2.48. The van der Waals surface area contributed by atoms with Crippen LogP contribution in [0, 0.1) is 6.92 Å². The van der Waals surface area contributed by atoms with Crippen LogP contribution in [0.25, 0.3) is 0 Å². The molecule has 0 amide bonds. The average Bonchev–Trinajstić information content (AvgIpc) is 2.68. The lowest BCUT2D eigenvalue weighted by Gasteiger charge is -2.31. The molecular formula is C21H28N4S. The third kappa shape index (κ3) is 3.26. The van der Waals surface area contributed by atoms with Crippen molar-refractivity contribution in [2.24, 2.45) is 0 Å². The van der Waals surface area contributed by atoms with Gasteiger partial charge in [0.25, 0.3) is 0 Å². The summed E-state index contributed by atoms with van der Waals surface area (Å²) in [4.78, 5) is 7.55. The zero-order valence-corrected chi connectivity index (χ0v) is 16.7. The quantitative estimate of drug-likeness (QED) is 0.710. The van der Waals surface area contributed by atoms with Crippen LogP contribution < -0.4 is 20.4 Å². The summed E-state index contributed by atoms with van der Waals surface area (Å²) in [6.07, 6.45) is 0. The van der Waals surface area contributed by atoms with E-state index in [1.807, 2.05) is 11.8 Å². The summed E-state index contributed by atoms with van der Waals surface area (Å²) in [5.74, 6) is 0. The molecule has 0 aromatic heterocycles. The molecular weight excluding hydrogens is 340 g/mol. The van der Waals surface area contributed by atoms with Gasteiger partial charge in [-0.2, -0.15) is 0 Å². The van der Waals surface area contributed by atoms with Crippen molar-refractivity contribution in [2.75, 3.05) is 54.4 Å². The lowest BCUT2D eigenvalue weighted by molar-refractivity contribution is 0.589. The van der Waals surface area contributed by atoms with E-state index in [1.165, 1.54) is 38.1 Å². The van der Waals surface area contributed by atoms with Gasteiger partial charge in [0, 0.05) is 60.4 Å². The number of nitrogens with one attached hydrogen (secondary N) is 2. The van der Waals surface area contributed by atoms with Gasteiger partial charge in [0.2, 0.25) is 0 Å². The van der Waals surface area contributed by atoms with Crippen molar-refractivity contribution in [1.29, 1.82) is 0 Å². The number of hydrogen-bond donors (Lipinski definition) is 2. The highest BCUT2D eigenvalue weighted by molar-refractivity contribution is 7.99. The molecule has 0 saturated carbocycles. The van der Waals surface area contributed by atoms with E-state index in [0.29, 0.717) is 0 Å². The van der Waals surface area contributed by atoms with Crippen molar-refractivity contribution in [3.05, 3.63) is 35.9 Å². The Labute approximate surface area is 161 Å². The molecule has 26 heavy (non-hydrogen) atoms. The fourth-order valence-electron chi connectivity index (χ4n) is 3.82. The number of aryl methyl sites for hydroxylation is 1. The van der Waals surface area contributed by atoms with Gasteiger partial charge >= 0.3 is 0 Å². The zero-order valence-electron chi connectivity index (χ0n) is 15.9. The molecule has 0 aliphatic carbocycles. The fourth-order valence-corrected chi connectivity index (χ4v) is 4.96. The van der Waals surface area contributed by atoms with Crippen LogP contribution in [0.2, 0.25) is 0 Å². The summed E-state index contributed by atoms with van der Waals surface area (Å²) in [6, 6.07) is 11.5. The number of benzene rings is 2. The molecule has 0 radical (unpaired) electrons. The minimum absolute atomic E-state index is 1.04. The normalized spacial score (nSPS) is 15.9. The van der Waals surface area contributed by atoms with Crippen LogP contribution in [-0.2, 0) is 0 Å². The van der Waals surface area contributed by atoms with Gasteiger partial charge in [-0.15, -0.1) is 0 Å². The molecule has 4 rings (SSSR count). The van der Waals surface area contributed by atoms with E-state index in [4.69, 9.17) is 0 Å². The molecule has 0 bridgehead atoms. The second-order valence-corrected chi connectivity index (χ2v) is 8.04. The third-order valence-electron chi connectivity index (χ3n) is 5.34. The van der Waals surface area contributed by atoms with Crippen LogP contribution in [0.1, 0.15) is 19.4 Å². The van der Waals surface area contributed by atoms with Crippen molar-refractivity contribution in [1.82, 2.24) is 5.32 Å². The number of hydrogen-bond acceptors (Lipinski definition) is 5. The van der Waals surface area contributed by atoms with E-state index >= 15 is 0 Å². The molecule has 0 spiro atoms. The molecule has 2 aromatic rings. The van der Waals surface area contributed by atoms with E-state index < -0.39 is 0 Å². The van der Waals surface area contributed by atoms with Gasteiger partial charge in [0.15, 0.2) is 0 Å². The number of nitrogens with zero attached hydrogens (tertiary/aromatic N) is 2. The van der Waals surface area contributed by atoms with E-state index in [0.717, 1.165) is 39.3 Å². The summed E-state index contributed by atoms with van der Waals surface area (Å²) in [6.45, 7) is 13.0. The van der Waals surface area contributed by atoms with E-state index in [-0.39, 0.29) is 0 Å². The van der Waals surface area contributed by atoms with Gasteiger partial charge in [-0.3, -0.25) is 0 Å². The van der Waals surface area contributed by atoms with Crippen molar-refractivity contribution >= 4 is 34.5 Å². The second kappa shape index (κ2) is 7.41. The molecule has 2 aliphatic rings. The van der Waals surface area contributed by atoms with Gasteiger partial charge in [0.1, 0.15) is 0 Å². The predicted molar refractivity (Wildman–Crippen MR) is 114 cm³/mol. The highest BCUT2D eigenvalue weighted by atomic mass is 32.2. The van der Waals surface area contributed by atoms with Crippen molar-refractivity contribution in [2.45, 2.75) is 30.6 Å². The molecule has 0 atom stereocenters. The Kier molecular flexibility index (Phi) is 5.00. The Morgan fingerprint density at radius 2 is 1.81 bits per heavy atom. The van der Waals surface area contributed by atoms with Crippen LogP contribution in [0.15, 0.2) is 40.1 Å². The first kappa shape index (κ1) is 17.6. The SMILES string of the molecule is CCN(CC)c1cc(C)c2c(c1)Sc1cc(N3CCNCC3)ccc1N2. The first-order chi connectivity index (χ1) is 12.7. The maximum Gasteiger partial charge on any atom is 0.0557 e. The topological polar surface area (TPSA) is 30.5 Å². The fraction of sp³-hybridized carbons (Fsp3) is 0.429. The number of fused-ring (bicyclic) bond motifs is 2. The molecule has 0 unspecified atom stereocenters. The first-order valence-corrected chi connectivity index (χ1v) is 10.5. The molecule has 2 aromatic carbocycles. The van der Waals surface area contributed by atoms with Crippen LogP contribution in [0.3, 0.4) is 0 Å². The molecule has 2 aliphatic heterocycles. The summed E-state index contributed by atoms with van der Waals surface area (Å²) in [5.41, 5.74) is 6.45. The molecule has 5 heteroatoms. The summed E-state index contributed by atoms with van der Waals surface area (Å²) in [7, 11) is 0. The Balaban J connectivity index is 1.65. The molecule has 2 N–H and O–H groups in total. The van der Waals surface area contributed by atoms with Crippen molar-refractivity contribution < 1.29 is 0 Å². The number of piperazine rings is 1. The first-order valence-electron chi connectivity index (χ1n) is 9.63. The molecule has 1 saturated heterocycles. The summed E-state index contributed by atoms with van der Waals surface area (Å²) in [5, 5.41) is 7.10. The minimum Gasteiger partial charge on any atom is -0.372 e. The zero-order chi connectivity index (χ0) is 18.1. The van der Waals surface area contributed by atoms with Gasteiger partial charge in [-0.05, 0) is 56.7 Å². The number of anilines is 4. The Hall–Kier alpha value is -1.85. The largest absolute Gasteiger partial charge is 0.372 e. The Morgan fingerprint density at radius 1 is 1.04 bits per heavy atom. The Bertz CT molecular complexity index is 795. The second-order valence-electron chi connectivity index (χ2n) is 6.95. The van der Waals surface area contributed by atoms with Crippen molar-refractivity contribution in [3.8, 4) is 0 Å². The van der Waals surface area contributed by atoms with E-state index in [2.05, 4.69) is 71.5 Å². The van der Waals surface area contributed by atoms with Gasteiger partial charge in [-0.25, -0.2) is 0 Å². The highest BCUT2D eigenvalue weighted by Gasteiger charge is 2.21. The Morgan fingerprint density at radius 3 is 2.54 bits per heavy atom. The number of rotatable bonds is 4. The van der Waals surface area contributed by atoms with Crippen molar-refractivity contribution in [3.63, 3.8) is 0 Å². The lowest BCUT2D eigenvalue weighted by atomic mass is 10.1. The molecule has 138 valence electrons. The van der Waals surface area contributed by atoms with Crippen LogP contribution in [-0.4, -0.2) is 39.3 Å². The van der Waals surface area contributed by atoms with Crippen LogP contribution in [0.5, 0.6) is 0 Å². The molecule has 4 nitrogen and oxygen atoms in total. The third-order valence-corrected chi connectivity index (χ3v) is 6.44. The van der Waals surface area contributed by atoms with Gasteiger partial charge in [-0.1, -0.05) is 11.8 Å². The predicted octanol–water partition coefficient (Wildman–Crippen LogP) is 4.46. The minimum atomic E-state index is 1.04. The van der Waals surface area contributed by atoms with Crippen LogP contribution in [0.4, 0.5) is 22.7 Å². The van der Waals surface area contributed by atoms with Gasteiger partial charge < -0.3 is 20.4 Å². The monoisotopic (exact) mass is 368 g/mol. The van der Waals surface area contributed by atoms with Gasteiger partial charge in [0.05, 0.1) is 11.4 Å². The van der Waals surface area contributed by atoms with Crippen LogP contribution >= 0.6 is 11.8 Å². The smallest absolute Gasteiger partial charge is 0.0557 e. The van der Waals surface area contributed by atoms with E-state index in [1.54, 1.807) is 0 Å². The summed E-state index contributed by atoms with van der Waals surface area (Å²) >= 11 is 1.90. The average molecular weight is 369 g/mol. The molecule has 2 heterocycles. The van der Waals surface area contributed by atoms with E-state index in [9.17, 15) is 0 Å². The maximum atomic E-state index is 3.67. The maximum absolute atomic E-state index is 3.67. The molecule has 1 fully saturated rings.